The molecular weight excluding hydrogens is 288 g/mol. The lowest BCUT2D eigenvalue weighted by molar-refractivity contribution is -0.107. The Morgan fingerprint density at radius 3 is 2.58 bits per heavy atom. The van der Waals surface area contributed by atoms with Crippen LogP contribution in [0.25, 0.3) is 0 Å². The number of nitrogen functional groups attached to an aromatic ring is 1. The lowest BCUT2D eigenvalue weighted by atomic mass is 10.3. The molecule has 0 amide bonds. The van der Waals surface area contributed by atoms with E-state index in [4.69, 9.17) is 5.73 Å². The summed E-state index contributed by atoms with van der Waals surface area (Å²) in [7, 11) is 0. The van der Waals surface area contributed by atoms with Crippen LogP contribution in [0, 0.1) is 0 Å². The van der Waals surface area contributed by atoms with Crippen molar-refractivity contribution in [2.24, 2.45) is 0 Å². The molecule has 0 aromatic carbocycles. The van der Waals surface area contributed by atoms with E-state index < -0.39 is 0 Å². The van der Waals surface area contributed by atoms with Crippen molar-refractivity contribution in [3.05, 3.63) is 23.9 Å². The molecule has 1 aromatic rings. The van der Waals surface area contributed by atoms with Crippen molar-refractivity contribution in [3.8, 4) is 0 Å². The second-order valence-corrected chi connectivity index (χ2v) is 1.92. The van der Waals surface area contributed by atoms with Crippen molar-refractivity contribution in [1.29, 1.82) is 0 Å². The van der Waals surface area contributed by atoms with Crippen LogP contribution in [0.3, 0.4) is 0 Å². The first-order valence-electron chi connectivity index (χ1n) is 2.98. The second-order valence-electron chi connectivity index (χ2n) is 1.92. The first-order valence-corrected chi connectivity index (χ1v) is 2.98. The lowest BCUT2D eigenvalue weighted by Gasteiger charge is -1.93. The van der Waals surface area contributed by atoms with Gasteiger partial charge in [-0.1, -0.05) is 6.07 Å². The van der Waals surface area contributed by atoms with Gasteiger partial charge in [0.25, 0.3) is 0 Å². The minimum Gasteiger partial charge on any atom is -0.384 e. The van der Waals surface area contributed by atoms with E-state index >= 15 is 0 Å². The molecular formula is C7H10Br2N2O. The maximum atomic E-state index is 10.0. The lowest BCUT2D eigenvalue weighted by Crippen LogP contribution is -1.95. The zero-order chi connectivity index (χ0) is 7.40. The predicted molar refractivity (Wildman–Crippen MR) is 59.1 cm³/mol. The Bertz CT molecular complexity index is 243. The van der Waals surface area contributed by atoms with Gasteiger partial charge in [0.2, 0.25) is 0 Å². The van der Waals surface area contributed by atoms with Crippen LogP contribution in [-0.2, 0) is 11.2 Å². The molecule has 0 aliphatic carbocycles. The normalized spacial score (nSPS) is 7.67. The molecule has 2 N–H and O–H groups in total. The predicted octanol–water partition coefficient (Wildman–Crippen LogP) is 1.56. The molecule has 68 valence electrons. The Morgan fingerprint density at radius 2 is 2.08 bits per heavy atom. The van der Waals surface area contributed by atoms with Gasteiger partial charge >= 0.3 is 0 Å². The Labute approximate surface area is 91.9 Å². The molecule has 0 unspecified atom stereocenters. The smallest absolute Gasteiger partial charge is 0.125 e. The van der Waals surface area contributed by atoms with E-state index in [1.165, 1.54) is 0 Å². The average molecular weight is 298 g/mol. The number of nitrogens with zero attached hydrogens (tertiary/aromatic N) is 1. The molecule has 0 fully saturated rings. The number of hydrogen-bond donors (Lipinski definition) is 1. The third kappa shape index (κ3) is 4.46. The van der Waals surface area contributed by atoms with Crippen LogP contribution in [0.2, 0.25) is 0 Å². The molecule has 1 heterocycles. The maximum Gasteiger partial charge on any atom is 0.125 e. The molecule has 0 saturated carbocycles. The average Bonchev–Trinajstić information content (AvgIpc) is 1.88. The molecule has 0 saturated heterocycles. The molecule has 12 heavy (non-hydrogen) atoms. The van der Waals surface area contributed by atoms with Crippen LogP contribution in [-0.4, -0.2) is 11.3 Å². The fourth-order valence-corrected chi connectivity index (χ4v) is 0.697. The van der Waals surface area contributed by atoms with Crippen molar-refractivity contribution in [2.75, 3.05) is 5.73 Å². The number of aldehydes is 1. The third-order valence-corrected chi connectivity index (χ3v) is 1.12. The SMILES string of the molecule is Br.Br.Nc1cccc(CC=O)n1. The summed E-state index contributed by atoms with van der Waals surface area (Å²) in [4.78, 5) is 13.9. The number of nitrogens with two attached hydrogens (primary N) is 1. The highest BCUT2D eigenvalue weighted by molar-refractivity contribution is 8.93. The molecule has 0 atom stereocenters. The van der Waals surface area contributed by atoms with Gasteiger partial charge in [0.05, 0.1) is 0 Å². The van der Waals surface area contributed by atoms with Gasteiger partial charge in [0.15, 0.2) is 0 Å². The largest absolute Gasteiger partial charge is 0.384 e. The van der Waals surface area contributed by atoms with Crippen LogP contribution in [0.15, 0.2) is 18.2 Å². The van der Waals surface area contributed by atoms with Crippen molar-refractivity contribution < 1.29 is 4.79 Å². The quantitative estimate of drug-likeness (QED) is 0.843. The zero-order valence-electron chi connectivity index (χ0n) is 6.27. The Balaban J connectivity index is 0. The van der Waals surface area contributed by atoms with E-state index in [2.05, 4.69) is 4.98 Å². The van der Waals surface area contributed by atoms with E-state index in [1.807, 2.05) is 0 Å². The number of anilines is 1. The number of hydrogen-bond acceptors (Lipinski definition) is 3. The Morgan fingerprint density at radius 1 is 1.42 bits per heavy atom. The fourth-order valence-electron chi connectivity index (χ4n) is 0.697. The van der Waals surface area contributed by atoms with Gasteiger partial charge in [-0.15, -0.1) is 34.0 Å². The van der Waals surface area contributed by atoms with Gasteiger partial charge in [0, 0.05) is 12.1 Å². The van der Waals surface area contributed by atoms with E-state index in [1.54, 1.807) is 18.2 Å². The number of carbonyl (C=O) groups excluding carboxylic acids is 1. The van der Waals surface area contributed by atoms with E-state index in [-0.39, 0.29) is 34.0 Å². The highest BCUT2D eigenvalue weighted by atomic mass is 79.9. The van der Waals surface area contributed by atoms with Crippen LogP contribution in [0.1, 0.15) is 5.69 Å². The third-order valence-electron chi connectivity index (χ3n) is 1.12. The number of halogens is 2. The topological polar surface area (TPSA) is 56.0 Å². The van der Waals surface area contributed by atoms with Crippen molar-refractivity contribution in [1.82, 2.24) is 4.98 Å². The Hall–Kier alpha value is -0.420. The van der Waals surface area contributed by atoms with Crippen LogP contribution in [0.5, 0.6) is 0 Å². The number of pyridine rings is 1. The van der Waals surface area contributed by atoms with Gasteiger partial charge < -0.3 is 10.5 Å². The van der Waals surface area contributed by atoms with Crippen molar-refractivity contribution in [2.45, 2.75) is 6.42 Å². The maximum absolute atomic E-state index is 10.0. The van der Waals surface area contributed by atoms with E-state index in [0.717, 1.165) is 12.0 Å². The van der Waals surface area contributed by atoms with Crippen molar-refractivity contribution >= 4 is 46.1 Å². The first kappa shape index (κ1) is 14.1. The molecule has 5 heteroatoms. The zero-order valence-corrected chi connectivity index (χ0v) is 9.69. The minimum atomic E-state index is 0. The van der Waals surface area contributed by atoms with Crippen LogP contribution >= 0.6 is 34.0 Å². The van der Waals surface area contributed by atoms with Gasteiger partial charge in [-0.3, -0.25) is 0 Å². The van der Waals surface area contributed by atoms with Gasteiger partial charge in [-0.05, 0) is 12.1 Å². The summed E-state index contributed by atoms with van der Waals surface area (Å²) >= 11 is 0. The summed E-state index contributed by atoms with van der Waals surface area (Å²) in [6, 6.07) is 5.24. The molecule has 0 aliphatic rings. The molecule has 0 radical (unpaired) electrons. The monoisotopic (exact) mass is 296 g/mol. The van der Waals surface area contributed by atoms with Crippen molar-refractivity contribution in [3.63, 3.8) is 0 Å². The summed E-state index contributed by atoms with van der Waals surface area (Å²) in [6.07, 6.45) is 1.15. The molecule has 1 aromatic heterocycles. The standard InChI is InChI=1S/C7H8N2O.2BrH/c8-7-3-1-2-6(9-7)4-5-10;;/h1-3,5H,4H2,(H2,8,9);2*1H. The van der Waals surface area contributed by atoms with Gasteiger partial charge in [0.1, 0.15) is 12.1 Å². The Kier molecular flexibility index (Phi) is 8.52. The highest BCUT2D eigenvalue weighted by Crippen LogP contribution is 1.99. The van der Waals surface area contributed by atoms with Crippen LogP contribution in [0.4, 0.5) is 5.82 Å². The minimum absolute atomic E-state index is 0. The van der Waals surface area contributed by atoms with E-state index in [0.29, 0.717) is 12.2 Å². The molecule has 1 rings (SSSR count). The molecule has 0 spiro atoms. The van der Waals surface area contributed by atoms with Gasteiger partial charge in [-0.25, -0.2) is 4.98 Å². The summed E-state index contributed by atoms with van der Waals surface area (Å²) in [5.74, 6) is 0.458. The first-order chi connectivity index (χ1) is 4.83. The second kappa shape index (κ2) is 7.24. The van der Waals surface area contributed by atoms with E-state index in [9.17, 15) is 4.79 Å². The highest BCUT2D eigenvalue weighted by Gasteiger charge is 1.91. The number of aromatic nitrogens is 1. The molecule has 0 aliphatic heterocycles. The fraction of sp³-hybridized carbons (Fsp3) is 0.143. The van der Waals surface area contributed by atoms with Gasteiger partial charge in [-0.2, -0.15) is 0 Å². The molecule has 3 nitrogen and oxygen atoms in total. The number of rotatable bonds is 2. The summed E-state index contributed by atoms with van der Waals surface area (Å²) in [5.41, 5.74) is 6.08. The molecule has 0 bridgehead atoms. The van der Waals surface area contributed by atoms with Crippen LogP contribution < -0.4 is 5.73 Å². The summed E-state index contributed by atoms with van der Waals surface area (Å²) < 4.78 is 0. The summed E-state index contributed by atoms with van der Waals surface area (Å²) in [5, 5.41) is 0. The summed E-state index contributed by atoms with van der Waals surface area (Å²) in [6.45, 7) is 0. The number of carbonyl (C=O) groups is 1.